The summed E-state index contributed by atoms with van der Waals surface area (Å²) in [5.41, 5.74) is -6.83. The first kappa shape index (κ1) is 22.0. The van der Waals surface area contributed by atoms with E-state index in [-0.39, 0.29) is 19.2 Å². The number of nitro benzene ring substituents is 2. The molecule has 0 aliphatic heterocycles. The standard InChI is InChI=1S/C11H7F7N4O5/c1-27-9(12,11(16,17)18)8(19)20-7-5(21(23)24)2-4(10(13,14)15)3-6(7)22(25)26/h2-3H,1H3,(H2,19,20). The molecule has 16 heteroatoms. The summed E-state index contributed by atoms with van der Waals surface area (Å²) in [5.74, 6) is -7.14. The van der Waals surface area contributed by atoms with Crippen LogP contribution in [0.3, 0.4) is 0 Å². The van der Waals surface area contributed by atoms with Gasteiger partial charge in [0.2, 0.25) is 0 Å². The minimum absolute atomic E-state index is 0.180. The van der Waals surface area contributed by atoms with Gasteiger partial charge < -0.3 is 10.1 Å². The average Bonchev–Trinajstić information content (AvgIpc) is 2.51. The molecule has 0 saturated carbocycles. The molecule has 1 aromatic carbocycles. The van der Waals surface area contributed by atoms with Crippen molar-refractivity contribution in [1.29, 1.82) is 5.41 Å². The largest absolute Gasteiger partial charge is 0.456 e. The minimum atomic E-state index is -5.89. The van der Waals surface area contributed by atoms with Gasteiger partial charge in [-0.15, -0.1) is 0 Å². The number of benzene rings is 1. The summed E-state index contributed by atoms with van der Waals surface area (Å²) >= 11 is 0. The van der Waals surface area contributed by atoms with Crippen molar-refractivity contribution in [2.24, 2.45) is 0 Å². The van der Waals surface area contributed by atoms with E-state index < -0.39 is 56.5 Å². The Bertz CT molecular complexity index is 759. The van der Waals surface area contributed by atoms with Crippen LogP contribution in [0.2, 0.25) is 0 Å². The third kappa shape index (κ3) is 4.21. The molecule has 0 aromatic heterocycles. The maximum atomic E-state index is 13.9. The number of methoxy groups -OCH3 is 1. The molecule has 0 radical (unpaired) electrons. The number of amidine groups is 1. The number of nitrogens with zero attached hydrogens (tertiary/aromatic N) is 2. The van der Waals surface area contributed by atoms with E-state index >= 15 is 0 Å². The van der Waals surface area contributed by atoms with Crippen LogP contribution in [0.1, 0.15) is 5.56 Å². The zero-order valence-corrected chi connectivity index (χ0v) is 12.7. The van der Waals surface area contributed by atoms with Crippen LogP contribution in [-0.2, 0) is 10.9 Å². The van der Waals surface area contributed by atoms with Gasteiger partial charge in [-0.1, -0.05) is 0 Å². The number of rotatable bonds is 5. The summed E-state index contributed by atoms with van der Waals surface area (Å²) in [6.45, 7) is 0. The van der Waals surface area contributed by atoms with Crippen molar-refractivity contribution in [3.63, 3.8) is 0 Å². The van der Waals surface area contributed by atoms with Gasteiger partial charge in [-0.3, -0.25) is 25.6 Å². The van der Waals surface area contributed by atoms with Gasteiger partial charge in [0.25, 0.3) is 11.4 Å². The fourth-order valence-corrected chi connectivity index (χ4v) is 1.76. The Balaban J connectivity index is 3.66. The Morgan fingerprint density at radius 3 is 1.70 bits per heavy atom. The maximum Gasteiger partial charge on any atom is 0.456 e. The number of nitro groups is 2. The van der Waals surface area contributed by atoms with Gasteiger partial charge >= 0.3 is 18.2 Å². The average molecular weight is 408 g/mol. The lowest BCUT2D eigenvalue weighted by Gasteiger charge is -2.26. The molecule has 1 rings (SSSR count). The Kier molecular flexibility index (Phi) is 5.65. The number of nitrogens with one attached hydrogen (secondary N) is 2. The molecule has 0 fully saturated rings. The molecule has 2 N–H and O–H groups in total. The van der Waals surface area contributed by atoms with Gasteiger partial charge in [0, 0.05) is 19.2 Å². The number of hydrogen-bond acceptors (Lipinski definition) is 6. The second kappa shape index (κ2) is 6.93. The van der Waals surface area contributed by atoms with Gasteiger partial charge in [0.1, 0.15) is 0 Å². The van der Waals surface area contributed by atoms with Gasteiger partial charge in [-0.05, 0) is 0 Å². The molecule has 0 aliphatic carbocycles. The maximum absolute atomic E-state index is 13.9. The highest BCUT2D eigenvalue weighted by atomic mass is 19.4. The summed E-state index contributed by atoms with van der Waals surface area (Å²) < 4.78 is 93.7. The van der Waals surface area contributed by atoms with Crippen LogP contribution in [-0.4, -0.2) is 34.8 Å². The number of halogens is 7. The van der Waals surface area contributed by atoms with E-state index in [0.29, 0.717) is 0 Å². The number of ether oxygens (including phenoxy) is 1. The zero-order chi connectivity index (χ0) is 21.4. The first-order valence-corrected chi connectivity index (χ1v) is 6.27. The molecule has 9 nitrogen and oxygen atoms in total. The van der Waals surface area contributed by atoms with Crippen molar-refractivity contribution in [3.05, 3.63) is 37.9 Å². The van der Waals surface area contributed by atoms with Crippen molar-refractivity contribution < 1.29 is 45.3 Å². The van der Waals surface area contributed by atoms with Crippen LogP contribution in [0.4, 0.5) is 47.8 Å². The summed E-state index contributed by atoms with van der Waals surface area (Å²) in [5, 5.41) is 30.1. The normalized spacial score (nSPS) is 14.4. The number of hydrogen-bond donors (Lipinski definition) is 2. The second-order valence-corrected chi connectivity index (χ2v) is 4.70. The SMILES string of the molecule is COC(F)(C(=N)Nc1c([N+](=O)[O-])cc(C(F)(F)F)cc1[N+](=O)[O-])C(F)(F)F. The molecule has 27 heavy (non-hydrogen) atoms. The van der Waals surface area contributed by atoms with Crippen molar-refractivity contribution >= 4 is 22.9 Å². The van der Waals surface area contributed by atoms with Gasteiger partial charge in [-0.2, -0.15) is 30.7 Å². The van der Waals surface area contributed by atoms with Crippen LogP contribution >= 0.6 is 0 Å². The highest BCUT2D eigenvalue weighted by molar-refractivity contribution is 6.02. The number of alkyl halides is 7. The van der Waals surface area contributed by atoms with E-state index in [1.165, 1.54) is 0 Å². The van der Waals surface area contributed by atoms with E-state index in [4.69, 9.17) is 5.41 Å². The predicted molar refractivity (Wildman–Crippen MR) is 73.0 cm³/mol. The lowest BCUT2D eigenvalue weighted by Crippen LogP contribution is -2.52. The molecule has 0 amide bonds. The topological polar surface area (TPSA) is 131 Å². The molecule has 0 aliphatic rings. The Morgan fingerprint density at radius 2 is 1.44 bits per heavy atom. The van der Waals surface area contributed by atoms with Gasteiger partial charge in [0.15, 0.2) is 11.5 Å². The molecule has 0 saturated heterocycles. The monoisotopic (exact) mass is 408 g/mol. The molecule has 1 aromatic rings. The van der Waals surface area contributed by atoms with E-state index in [1.807, 2.05) is 0 Å². The predicted octanol–water partition coefficient (Wildman–Crippen LogP) is 3.79. The smallest absolute Gasteiger partial charge is 0.336 e. The van der Waals surface area contributed by atoms with Gasteiger partial charge in [0.05, 0.1) is 15.4 Å². The molecule has 0 bridgehead atoms. The fraction of sp³-hybridized carbons (Fsp3) is 0.364. The molecule has 0 spiro atoms. The lowest BCUT2D eigenvalue weighted by molar-refractivity contribution is -0.392. The summed E-state index contributed by atoms with van der Waals surface area (Å²) in [6, 6.07) is -0.439. The van der Waals surface area contributed by atoms with Crippen molar-refractivity contribution in [2.75, 3.05) is 12.4 Å². The van der Waals surface area contributed by atoms with E-state index in [1.54, 1.807) is 0 Å². The Hall–Kier alpha value is -3.04. The fourth-order valence-electron chi connectivity index (χ4n) is 1.76. The summed E-state index contributed by atoms with van der Waals surface area (Å²) in [7, 11) is 0.180. The number of anilines is 1. The highest BCUT2D eigenvalue weighted by Gasteiger charge is 2.61. The highest BCUT2D eigenvalue weighted by Crippen LogP contribution is 2.43. The lowest BCUT2D eigenvalue weighted by atomic mass is 10.1. The first-order valence-electron chi connectivity index (χ1n) is 6.27. The first-order chi connectivity index (χ1) is 12.1. The quantitative estimate of drug-likeness (QED) is 0.251. The summed E-state index contributed by atoms with van der Waals surface area (Å²) in [4.78, 5) is 18.7. The van der Waals surface area contributed by atoms with Crippen LogP contribution in [0.25, 0.3) is 0 Å². The second-order valence-electron chi connectivity index (χ2n) is 4.70. The van der Waals surface area contributed by atoms with Crippen molar-refractivity contribution in [3.8, 4) is 0 Å². The Labute approximate surface area is 143 Å². The van der Waals surface area contributed by atoms with E-state index in [9.17, 15) is 51.0 Å². The van der Waals surface area contributed by atoms with Crippen LogP contribution < -0.4 is 5.32 Å². The van der Waals surface area contributed by atoms with Crippen LogP contribution in [0.15, 0.2) is 12.1 Å². The third-order valence-electron chi connectivity index (χ3n) is 3.03. The Morgan fingerprint density at radius 1 is 1.04 bits per heavy atom. The zero-order valence-electron chi connectivity index (χ0n) is 12.7. The van der Waals surface area contributed by atoms with Gasteiger partial charge in [-0.25, -0.2) is 0 Å². The minimum Gasteiger partial charge on any atom is -0.336 e. The summed E-state index contributed by atoms with van der Waals surface area (Å²) in [6.07, 6.45) is -11.2. The van der Waals surface area contributed by atoms with E-state index in [2.05, 4.69) is 4.74 Å². The molecular formula is C11H7F7N4O5. The molecule has 1 atom stereocenters. The van der Waals surface area contributed by atoms with Crippen LogP contribution in [0, 0.1) is 25.6 Å². The molecule has 0 heterocycles. The van der Waals surface area contributed by atoms with Crippen LogP contribution in [0.5, 0.6) is 0 Å². The van der Waals surface area contributed by atoms with Crippen molar-refractivity contribution in [1.82, 2.24) is 0 Å². The van der Waals surface area contributed by atoms with Crippen molar-refractivity contribution in [2.45, 2.75) is 18.2 Å². The molecule has 150 valence electrons. The third-order valence-corrected chi connectivity index (χ3v) is 3.03. The molecule has 1 unspecified atom stereocenters. The van der Waals surface area contributed by atoms with E-state index in [0.717, 1.165) is 5.32 Å². The molecular weight excluding hydrogens is 401 g/mol.